The number of carbonyl (C=O) groups excluding carboxylic acids is 1. The Hall–Kier alpha value is -1.93. The molecule has 6 nitrogen and oxygen atoms in total. The predicted molar refractivity (Wildman–Crippen MR) is 138 cm³/mol. The van der Waals surface area contributed by atoms with Gasteiger partial charge in [-0.05, 0) is 67.8 Å². The van der Waals surface area contributed by atoms with Gasteiger partial charge in [0.1, 0.15) is 12.4 Å². The zero-order valence-electron chi connectivity index (χ0n) is 21.3. The molecule has 188 valence electrons. The monoisotopic (exact) mass is 488 g/mol. The van der Waals surface area contributed by atoms with Gasteiger partial charge in [-0.3, -0.25) is 9.69 Å². The topological polar surface area (TPSA) is 62.2 Å². The highest BCUT2D eigenvalue weighted by Crippen LogP contribution is 2.34. The Morgan fingerprint density at radius 1 is 1.29 bits per heavy atom. The SMILES string of the molecule is COC[C@@H](O)CN(CCC(C)C)CC(=O)N1CCc2sccc2[C@H]1COc1ccc(C)cc1C. The summed E-state index contributed by atoms with van der Waals surface area (Å²) in [6.45, 7) is 11.3. The Kier molecular flexibility index (Phi) is 9.95. The number of fused-ring (bicyclic) bond motifs is 1. The maximum absolute atomic E-state index is 13.6. The lowest BCUT2D eigenvalue weighted by Gasteiger charge is -2.37. The molecule has 0 saturated carbocycles. The first-order valence-electron chi connectivity index (χ1n) is 12.2. The minimum absolute atomic E-state index is 0.0828. The molecule has 0 spiro atoms. The summed E-state index contributed by atoms with van der Waals surface area (Å²) in [6.07, 6.45) is 1.23. The second kappa shape index (κ2) is 12.7. The van der Waals surface area contributed by atoms with E-state index < -0.39 is 6.10 Å². The number of nitrogens with zero attached hydrogens (tertiary/aromatic N) is 2. The fourth-order valence-corrected chi connectivity index (χ4v) is 5.43. The summed E-state index contributed by atoms with van der Waals surface area (Å²) in [5, 5.41) is 12.4. The molecule has 1 aromatic heterocycles. The quantitative estimate of drug-likeness (QED) is 0.485. The number of carbonyl (C=O) groups is 1. The standard InChI is InChI=1S/C27H40N2O4S/c1-19(2)8-11-28(15-22(30)17-32-5)16-27(31)29-12-9-26-23(10-13-34-26)24(29)18-33-25-7-6-20(3)14-21(25)4/h6-7,10,13-14,19,22,24,30H,8-9,11-12,15-18H2,1-5H3/t22-,24+/m0/s1. The van der Waals surface area contributed by atoms with Gasteiger partial charge in [0.2, 0.25) is 5.91 Å². The number of aliphatic hydroxyl groups is 1. The third kappa shape index (κ3) is 7.28. The van der Waals surface area contributed by atoms with Crippen LogP contribution in [-0.2, 0) is 16.0 Å². The Labute approximate surface area is 208 Å². The summed E-state index contributed by atoms with van der Waals surface area (Å²) >= 11 is 1.76. The van der Waals surface area contributed by atoms with Crippen LogP contribution in [0.1, 0.15) is 47.9 Å². The van der Waals surface area contributed by atoms with Gasteiger partial charge in [0.25, 0.3) is 0 Å². The lowest BCUT2D eigenvalue weighted by molar-refractivity contribution is -0.136. The van der Waals surface area contributed by atoms with Crippen molar-refractivity contribution in [2.45, 2.75) is 52.7 Å². The van der Waals surface area contributed by atoms with Gasteiger partial charge in [0.05, 0.1) is 25.3 Å². The summed E-state index contributed by atoms with van der Waals surface area (Å²) < 4.78 is 11.4. The molecule has 0 fully saturated rings. The van der Waals surface area contributed by atoms with Gasteiger partial charge in [-0.15, -0.1) is 11.3 Å². The van der Waals surface area contributed by atoms with Gasteiger partial charge in [-0.2, -0.15) is 0 Å². The average molecular weight is 489 g/mol. The molecule has 1 amide bonds. The van der Waals surface area contributed by atoms with Gasteiger partial charge in [0.15, 0.2) is 0 Å². The largest absolute Gasteiger partial charge is 0.491 e. The molecule has 0 aliphatic carbocycles. The molecule has 0 bridgehead atoms. The molecule has 0 saturated heterocycles. The third-order valence-corrected chi connectivity index (χ3v) is 7.35. The Morgan fingerprint density at radius 2 is 2.09 bits per heavy atom. The van der Waals surface area contributed by atoms with E-state index in [1.807, 2.05) is 11.0 Å². The highest BCUT2D eigenvalue weighted by molar-refractivity contribution is 7.10. The number of ether oxygens (including phenoxy) is 2. The van der Waals surface area contributed by atoms with Crippen LogP contribution >= 0.6 is 11.3 Å². The van der Waals surface area contributed by atoms with Crippen LogP contribution in [0.15, 0.2) is 29.6 Å². The minimum Gasteiger partial charge on any atom is -0.491 e. The van der Waals surface area contributed by atoms with Gasteiger partial charge >= 0.3 is 0 Å². The van der Waals surface area contributed by atoms with Crippen molar-refractivity contribution in [3.05, 3.63) is 51.2 Å². The second-order valence-electron chi connectivity index (χ2n) is 9.76. The molecule has 2 heterocycles. The van der Waals surface area contributed by atoms with Crippen LogP contribution in [0.25, 0.3) is 0 Å². The fourth-order valence-electron chi connectivity index (χ4n) is 4.51. The van der Waals surface area contributed by atoms with Crippen molar-refractivity contribution in [1.29, 1.82) is 0 Å². The van der Waals surface area contributed by atoms with Gasteiger partial charge in [0, 0.05) is 25.1 Å². The molecule has 2 aromatic rings. The molecule has 0 radical (unpaired) electrons. The zero-order chi connectivity index (χ0) is 24.7. The van der Waals surface area contributed by atoms with E-state index in [4.69, 9.17) is 9.47 Å². The van der Waals surface area contributed by atoms with E-state index in [1.54, 1.807) is 18.4 Å². The lowest BCUT2D eigenvalue weighted by Crippen LogP contribution is -2.48. The maximum atomic E-state index is 13.6. The van der Waals surface area contributed by atoms with Crippen LogP contribution < -0.4 is 4.74 Å². The first-order chi connectivity index (χ1) is 16.3. The summed E-state index contributed by atoms with van der Waals surface area (Å²) in [5.41, 5.74) is 3.50. The predicted octanol–water partition coefficient (Wildman–Crippen LogP) is 4.23. The number of aryl methyl sites for hydroxylation is 2. The zero-order valence-corrected chi connectivity index (χ0v) is 22.1. The number of methoxy groups -OCH3 is 1. The molecular weight excluding hydrogens is 448 g/mol. The fraction of sp³-hybridized carbons (Fsp3) is 0.593. The van der Waals surface area contributed by atoms with Crippen molar-refractivity contribution in [1.82, 2.24) is 9.80 Å². The van der Waals surface area contributed by atoms with Crippen LogP contribution in [-0.4, -0.2) is 73.4 Å². The molecule has 7 heteroatoms. The first kappa shape index (κ1) is 26.7. The van der Waals surface area contributed by atoms with E-state index in [-0.39, 0.29) is 25.1 Å². The van der Waals surface area contributed by atoms with Crippen molar-refractivity contribution >= 4 is 17.2 Å². The number of hydrogen-bond donors (Lipinski definition) is 1. The third-order valence-electron chi connectivity index (χ3n) is 6.35. The Bertz CT molecular complexity index is 929. The van der Waals surface area contributed by atoms with E-state index in [0.717, 1.165) is 30.7 Å². The number of thiophene rings is 1. The first-order valence-corrected chi connectivity index (χ1v) is 13.1. The van der Waals surface area contributed by atoms with E-state index in [2.05, 4.69) is 56.2 Å². The molecule has 1 N–H and O–H groups in total. The molecule has 1 aliphatic rings. The minimum atomic E-state index is -0.613. The van der Waals surface area contributed by atoms with E-state index in [1.165, 1.54) is 16.0 Å². The smallest absolute Gasteiger partial charge is 0.237 e. The highest BCUT2D eigenvalue weighted by atomic mass is 32.1. The normalized spacial score (nSPS) is 16.7. The van der Waals surface area contributed by atoms with Crippen molar-refractivity contribution < 1.29 is 19.4 Å². The highest BCUT2D eigenvalue weighted by Gasteiger charge is 2.33. The van der Waals surface area contributed by atoms with E-state index in [0.29, 0.717) is 25.6 Å². The summed E-state index contributed by atoms with van der Waals surface area (Å²) in [4.78, 5) is 19.0. The van der Waals surface area contributed by atoms with Crippen LogP contribution in [0.4, 0.5) is 0 Å². The van der Waals surface area contributed by atoms with Crippen LogP contribution in [0.3, 0.4) is 0 Å². The van der Waals surface area contributed by atoms with E-state index >= 15 is 0 Å². The number of hydrogen-bond acceptors (Lipinski definition) is 6. The van der Waals surface area contributed by atoms with Crippen molar-refractivity contribution in [3.63, 3.8) is 0 Å². The van der Waals surface area contributed by atoms with E-state index in [9.17, 15) is 9.90 Å². The van der Waals surface area contributed by atoms with Crippen LogP contribution in [0.2, 0.25) is 0 Å². The Morgan fingerprint density at radius 3 is 2.79 bits per heavy atom. The number of benzene rings is 1. The van der Waals surface area contributed by atoms with Crippen LogP contribution in [0.5, 0.6) is 5.75 Å². The number of aliphatic hydroxyl groups excluding tert-OH is 1. The lowest BCUT2D eigenvalue weighted by atomic mass is 10.00. The summed E-state index contributed by atoms with van der Waals surface area (Å²) in [5.74, 6) is 1.47. The van der Waals surface area contributed by atoms with Crippen molar-refractivity contribution in [3.8, 4) is 5.75 Å². The molecule has 1 aromatic carbocycles. The molecule has 3 rings (SSSR count). The molecule has 34 heavy (non-hydrogen) atoms. The number of rotatable bonds is 12. The molecule has 2 atom stereocenters. The van der Waals surface area contributed by atoms with Crippen molar-refractivity contribution in [2.75, 3.05) is 46.5 Å². The summed E-state index contributed by atoms with van der Waals surface area (Å²) in [6, 6.07) is 8.21. The van der Waals surface area contributed by atoms with Gasteiger partial charge < -0.3 is 19.5 Å². The van der Waals surface area contributed by atoms with Gasteiger partial charge in [-0.1, -0.05) is 31.5 Å². The average Bonchev–Trinajstić information content (AvgIpc) is 3.26. The van der Waals surface area contributed by atoms with Crippen LogP contribution in [0, 0.1) is 19.8 Å². The van der Waals surface area contributed by atoms with Crippen molar-refractivity contribution in [2.24, 2.45) is 5.92 Å². The summed E-state index contributed by atoms with van der Waals surface area (Å²) in [7, 11) is 1.58. The molecule has 0 unspecified atom stereocenters. The number of amides is 1. The maximum Gasteiger partial charge on any atom is 0.237 e. The molecular formula is C27H40N2O4S. The van der Waals surface area contributed by atoms with Gasteiger partial charge in [-0.25, -0.2) is 0 Å². The Balaban J connectivity index is 1.73. The second-order valence-corrected chi connectivity index (χ2v) is 10.8. The molecule has 1 aliphatic heterocycles.